The molecule has 0 unspecified atom stereocenters. The van der Waals surface area contributed by atoms with Gasteiger partial charge in [-0.15, -0.1) is 0 Å². The van der Waals surface area contributed by atoms with Crippen molar-refractivity contribution in [3.8, 4) is 5.75 Å². The second kappa shape index (κ2) is 5.87. The molecule has 2 rings (SSSR count). The molecule has 0 bridgehead atoms. The number of nitrogens with one attached hydrogen (secondary N) is 1. The van der Waals surface area contributed by atoms with Crippen molar-refractivity contribution in [2.45, 2.75) is 6.18 Å². The Kier molecular flexibility index (Phi) is 4.20. The minimum atomic E-state index is -4.34. The summed E-state index contributed by atoms with van der Waals surface area (Å²) in [5.41, 5.74) is 0. The summed E-state index contributed by atoms with van der Waals surface area (Å²) >= 11 is 0.571. The molecule has 19 heavy (non-hydrogen) atoms. The van der Waals surface area contributed by atoms with Crippen LogP contribution in [0.3, 0.4) is 0 Å². The molecule has 0 aliphatic rings. The van der Waals surface area contributed by atoms with E-state index in [9.17, 15) is 13.2 Å². The van der Waals surface area contributed by atoms with Crippen LogP contribution in [0, 0.1) is 0 Å². The number of anilines is 1. The summed E-state index contributed by atoms with van der Waals surface area (Å²) in [6, 6.07) is 3.48. The third-order valence-electron chi connectivity index (χ3n) is 2.07. The molecule has 0 fully saturated rings. The van der Waals surface area contributed by atoms with Crippen molar-refractivity contribution in [1.29, 1.82) is 0 Å². The third-order valence-corrected chi connectivity index (χ3v) is 3.07. The third kappa shape index (κ3) is 4.09. The normalized spacial score (nSPS) is 11.3. The number of hydrogen-bond donors (Lipinski definition) is 1. The Bertz CT molecular complexity index is 515. The van der Waals surface area contributed by atoms with Crippen molar-refractivity contribution < 1.29 is 17.9 Å². The highest BCUT2D eigenvalue weighted by Crippen LogP contribution is 2.34. The van der Waals surface area contributed by atoms with E-state index >= 15 is 0 Å². The first-order valence-corrected chi connectivity index (χ1v) is 6.17. The predicted octanol–water partition coefficient (Wildman–Crippen LogP) is 3.05. The molecule has 0 aliphatic heterocycles. The SMILES string of the molecule is FC(F)(F)c1cnc(NCCOc2cccnc2)s1. The number of rotatable bonds is 5. The fourth-order valence-electron chi connectivity index (χ4n) is 1.25. The Labute approximate surface area is 111 Å². The number of halogens is 3. The van der Waals surface area contributed by atoms with E-state index in [0.29, 0.717) is 30.2 Å². The number of aromatic nitrogens is 2. The van der Waals surface area contributed by atoms with Crippen molar-refractivity contribution in [2.24, 2.45) is 0 Å². The van der Waals surface area contributed by atoms with Crippen molar-refractivity contribution in [1.82, 2.24) is 9.97 Å². The summed E-state index contributed by atoms with van der Waals surface area (Å²) in [5.74, 6) is 0.611. The van der Waals surface area contributed by atoms with Crippen LogP contribution in [0.4, 0.5) is 18.3 Å². The molecule has 4 nitrogen and oxygen atoms in total. The monoisotopic (exact) mass is 289 g/mol. The van der Waals surface area contributed by atoms with Gasteiger partial charge in [0.1, 0.15) is 17.2 Å². The summed E-state index contributed by atoms with van der Waals surface area (Å²) in [4.78, 5) is 6.80. The topological polar surface area (TPSA) is 47.0 Å². The van der Waals surface area contributed by atoms with Crippen molar-refractivity contribution in [3.05, 3.63) is 35.6 Å². The van der Waals surface area contributed by atoms with Crippen molar-refractivity contribution >= 4 is 16.5 Å². The highest BCUT2D eigenvalue weighted by molar-refractivity contribution is 7.15. The van der Waals surface area contributed by atoms with Gasteiger partial charge in [0.05, 0.1) is 18.9 Å². The number of hydrogen-bond acceptors (Lipinski definition) is 5. The van der Waals surface area contributed by atoms with E-state index in [1.54, 1.807) is 24.5 Å². The fraction of sp³-hybridized carbons (Fsp3) is 0.273. The van der Waals surface area contributed by atoms with E-state index in [2.05, 4.69) is 15.3 Å². The van der Waals surface area contributed by atoms with Gasteiger partial charge in [0.15, 0.2) is 5.13 Å². The Balaban J connectivity index is 1.76. The second-order valence-corrected chi connectivity index (χ2v) is 4.52. The molecule has 0 atom stereocenters. The molecule has 0 aromatic carbocycles. The Hall–Kier alpha value is -1.83. The van der Waals surface area contributed by atoms with Gasteiger partial charge in [-0.3, -0.25) is 4.98 Å². The largest absolute Gasteiger partial charge is 0.490 e. The number of pyridine rings is 1. The first-order valence-electron chi connectivity index (χ1n) is 5.35. The second-order valence-electron chi connectivity index (χ2n) is 3.49. The van der Waals surface area contributed by atoms with E-state index in [0.717, 1.165) is 6.20 Å². The molecule has 8 heteroatoms. The predicted molar refractivity (Wildman–Crippen MR) is 65.3 cm³/mol. The Morgan fingerprint density at radius 2 is 2.16 bits per heavy atom. The minimum Gasteiger partial charge on any atom is -0.490 e. The molecular formula is C11H10F3N3OS. The molecule has 0 amide bonds. The molecule has 0 radical (unpaired) electrons. The van der Waals surface area contributed by atoms with Gasteiger partial charge in [-0.1, -0.05) is 11.3 Å². The molecule has 0 spiro atoms. The molecule has 2 heterocycles. The number of ether oxygens (including phenoxy) is 1. The van der Waals surface area contributed by atoms with E-state index in [1.807, 2.05) is 0 Å². The quantitative estimate of drug-likeness (QED) is 0.859. The minimum absolute atomic E-state index is 0.224. The number of alkyl halides is 3. The van der Waals surface area contributed by atoms with Gasteiger partial charge in [-0.25, -0.2) is 4.98 Å². The van der Waals surface area contributed by atoms with Crippen LogP contribution in [0.5, 0.6) is 5.75 Å². The van der Waals surface area contributed by atoms with Crippen LogP contribution in [-0.4, -0.2) is 23.1 Å². The van der Waals surface area contributed by atoms with Gasteiger partial charge < -0.3 is 10.1 Å². The molecule has 2 aromatic heterocycles. The highest BCUT2D eigenvalue weighted by atomic mass is 32.1. The lowest BCUT2D eigenvalue weighted by molar-refractivity contribution is -0.134. The first kappa shape index (κ1) is 13.6. The molecule has 0 saturated heterocycles. The van der Waals surface area contributed by atoms with Gasteiger partial charge in [0, 0.05) is 6.20 Å². The van der Waals surface area contributed by atoms with Crippen LogP contribution >= 0.6 is 11.3 Å². The Morgan fingerprint density at radius 3 is 2.79 bits per heavy atom. The first-order chi connectivity index (χ1) is 9.05. The molecule has 102 valence electrons. The van der Waals surface area contributed by atoms with Crippen molar-refractivity contribution in [3.63, 3.8) is 0 Å². The summed E-state index contributed by atoms with van der Waals surface area (Å²) in [7, 11) is 0. The maximum Gasteiger partial charge on any atom is 0.427 e. The lowest BCUT2D eigenvalue weighted by Gasteiger charge is -2.05. The number of thiazole rings is 1. The van der Waals surface area contributed by atoms with Crippen LogP contribution < -0.4 is 10.1 Å². The van der Waals surface area contributed by atoms with Crippen molar-refractivity contribution in [2.75, 3.05) is 18.5 Å². The van der Waals surface area contributed by atoms with Gasteiger partial charge >= 0.3 is 6.18 Å². The lowest BCUT2D eigenvalue weighted by Crippen LogP contribution is -2.11. The van der Waals surface area contributed by atoms with Crippen LogP contribution in [0.2, 0.25) is 0 Å². The van der Waals surface area contributed by atoms with Crippen LogP contribution in [-0.2, 0) is 6.18 Å². The van der Waals surface area contributed by atoms with E-state index in [4.69, 9.17) is 4.74 Å². The highest BCUT2D eigenvalue weighted by Gasteiger charge is 2.33. The smallest absolute Gasteiger partial charge is 0.427 e. The average molecular weight is 289 g/mol. The zero-order valence-corrected chi connectivity index (χ0v) is 10.5. The molecule has 2 aromatic rings. The summed E-state index contributed by atoms with van der Waals surface area (Å²) in [5, 5.41) is 2.99. The van der Waals surface area contributed by atoms with Gasteiger partial charge in [-0.05, 0) is 12.1 Å². The lowest BCUT2D eigenvalue weighted by atomic mass is 10.5. The van der Waals surface area contributed by atoms with E-state index in [-0.39, 0.29) is 5.13 Å². The molecule has 0 saturated carbocycles. The van der Waals surface area contributed by atoms with Crippen LogP contribution in [0.1, 0.15) is 4.88 Å². The van der Waals surface area contributed by atoms with Crippen LogP contribution in [0.25, 0.3) is 0 Å². The van der Waals surface area contributed by atoms with E-state index < -0.39 is 11.1 Å². The summed E-state index contributed by atoms with van der Waals surface area (Å²) in [6.07, 6.45) is -0.344. The summed E-state index contributed by atoms with van der Waals surface area (Å²) in [6.45, 7) is 0.673. The standard InChI is InChI=1S/C11H10F3N3OS/c12-11(13,14)9-7-17-10(19-9)16-4-5-18-8-2-1-3-15-6-8/h1-3,6-7H,4-5H2,(H,16,17). The van der Waals surface area contributed by atoms with Gasteiger partial charge in [0.25, 0.3) is 0 Å². The zero-order chi connectivity index (χ0) is 13.7. The van der Waals surface area contributed by atoms with E-state index in [1.165, 1.54) is 0 Å². The molecular weight excluding hydrogens is 279 g/mol. The fourth-order valence-corrected chi connectivity index (χ4v) is 1.96. The maximum atomic E-state index is 12.3. The summed E-state index contributed by atoms with van der Waals surface area (Å²) < 4.78 is 42.3. The Morgan fingerprint density at radius 1 is 1.32 bits per heavy atom. The van der Waals surface area contributed by atoms with Crippen LogP contribution in [0.15, 0.2) is 30.7 Å². The molecule has 0 aliphatic carbocycles. The average Bonchev–Trinajstić information content (AvgIpc) is 2.85. The maximum absolute atomic E-state index is 12.3. The van der Waals surface area contributed by atoms with Gasteiger partial charge in [-0.2, -0.15) is 13.2 Å². The zero-order valence-electron chi connectivity index (χ0n) is 9.65. The number of nitrogens with zero attached hydrogens (tertiary/aromatic N) is 2. The van der Waals surface area contributed by atoms with Gasteiger partial charge in [0.2, 0.25) is 0 Å². The molecule has 1 N–H and O–H groups in total.